The first-order valence-corrected chi connectivity index (χ1v) is 8.03. The lowest BCUT2D eigenvalue weighted by atomic mass is 9.94. The second-order valence-corrected chi connectivity index (χ2v) is 6.12. The van der Waals surface area contributed by atoms with Gasteiger partial charge in [0.25, 0.3) is 5.56 Å². The number of thiol groups is 1. The number of aromatic nitrogens is 1. The van der Waals surface area contributed by atoms with Gasteiger partial charge in [-0.2, -0.15) is 10.5 Å². The van der Waals surface area contributed by atoms with Crippen molar-refractivity contribution in [3.8, 4) is 34.4 Å². The Morgan fingerprint density at radius 3 is 2.20 bits per heavy atom. The van der Waals surface area contributed by atoms with Crippen molar-refractivity contribution in [1.29, 1.82) is 10.5 Å². The summed E-state index contributed by atoms with van der Waals surface area (Å²) >= 11 is 10.1. The van der Waals surface area contributed by atoms with E-state index >= 15 is 0 Å². The molecule has 1 heterocycles. The minimum absolute atomic E-state index is 0.109. The first kappa shape index (κ1) is 16.9. The normalized spacial score (nSPS) is 10.1. The number of pyridine rings is 1. The molecule has 2 aromatic carbocycles. The molecule has 4 nitrogen and oxygen atoms in total. The van der Waals surface area contributed by atoms with Crippen LogP contribution in [0.2, 0.25) is 5.02 Å². The Balaban J connectivity index is 2.27. The van der Waals surface area contributed by atoms with Crippen molar-refractivity contribution in [1.82, 2.24) is 4.98 Å². The van der Waals surface area contributed by atoms with E-state index in [-0.39, 0.29) is 21.7 Å². The van der Waals surface area contributed by atoms with E-state index in [9.17, 15) is 15.3 Å². The van der Waals surface area contributed by atoms with Crippen LogP contribution < -0.4 is 5.56 Å². The van der Waals surface area contributed by atoms with E-state index in [0.29, 0.717) is 10.6 Å². The smallest absolute Gasteiger partial charge is 0.267 e. The highest BCUT2D eigenvalue weighted by atomic mass is 35.5. The van der Waals surface area contributed by atoms with E-state index in [2.05, 4.69) is 17.6 Å². The molecule has 0 fully saturated rings. The van der Waals surface area contributed by atoms with Crippen molar-refractivity contribution in [2.24, 2.45) is 0 Å². The number of aromatic amines is 1. The van der Waals surface area contributed by atoms with Crippen LogP contribution in [-0.2, 0) is 0 Å². The van der Waals surface area contributed by atoms with Crippen molar-refractivity contribution in [2.45, 2.75) is 5.03 Å². The van der Waals surface area contributed by atoms with Gasteiger partial charge in [0.05, 0.1) is 10.6 Å². The molecule has 0 atom stereocenters. The fourth-order valence-electron chi connectivity index (χ4n) is 2.59. The van der Waals surface area contributed by atoms with Crippen LogP contribution in [0.4, 0.5) is 0 Å². The van der Waals surface area contributed by atoms with Gasteiger partial charge in [0, 0.05) is 10.6 Å². The summed E-state index contributed by atoms with van der Waals surface area (Å²) in [4.78, 5) is 14.5. The second kappa shape index (κ2) is 6.86. The van der Waals surface area contributed by atoms with Gasteiger partial charge >= 0.3 is 0 Å². The van der Waals surface area contributed by atoms with Crippen molar-refractivity contribution in [3.63, 3.8) is 0 Å². The quantitative estimate of drug-likeness (QED) is 0.662. The fourth-order valence-corrected chi connectivity index (χ4v) is 2.98. The fraction of sp³-hybridized carbons (Fsp3) is 0. The maximum absolute atomic E-state index is 12.1. The highest BCUT2D eigenvalue weighted by Crippen LogP contribution is 2.31. The molecule has 0 unspecified atom stereocenters. The minimum Gasteiger partial charge on any atom is -0.315 e. The molecular weight excluding hydrogens is 354 g/mol. The summed E-state index contributed by atoms with van der Waals surface area (Å²) in [6, 6.07) is 18.5. The molecule has 0 amide bonds. The maximum atomic E-state index is 12.1. The molecule has 3 aromatic rings. The molecule has 0 saturated heterocycles. The minimum atomic E-state index is -0.571. The van der Waals surface area contributed by atoms with Crippen LogP contribution in [0.25, 0.3) is 22.3 Å². The zero-order valence-corrected chi connectivity index (χ0v) is 14.4. The highest BCUT2D eigenvalue weighted by Gasteiger charge is 2.18. The molecular formula is C19H10ClN3OS. The molecule has 6 heteroatoms. The summed E-state index contributed by atoms with van der Waals surface area (Å²) in [6.07, 6.45) is 0. The van der Waals surface area contributed by atoms with Gasteiger partial charge in [0.1, 0.15) is 17.7 Å². The molecule has 0 bridgehead atoms. The van der Waals surface area contributed by atoms with Gasteiger partial charge in [-0.15, -0.1) is 12.6 Å². The summed E-state index contributed by atoms with van der Waals surface area (Å²) in [5, 5.41) is 19.6. The molecule has 0 aliphatic rings. The van der Waals surface area contributed by atoms with Crippen LogP contribution in [0.15, 0.2) is 58.4 Å². The third-order valence-corrected chi connectivity index (χ3v) is 4.34. The Hall–Kier alpha value is -2.99. The lowest BCUT2D eigenvalue weighted by molar-refractivity contribution is 1.06. The Morgan fingerprint density at radius 2 is 1.56 bits per heavy atom. The van der Waals surface area contributed by atoms with Crippen LogP contribution in [0, 0.1) is 22.7 Å². The monoisotopic (exact) mass is 363 g/mol. The number of halogens is 1. The average molecular weight is 364 g/mol. The first-order chi connectivity index (χ1) is 12.0. The summed E-state index contributed by atoms with van der Waals surface area (Å²) in [7, 11) is 0. The van der Waals surface area contributed by atoms with Gasteiger partial charge in [-0.25, -0.2) is 0 Å². The predicted octanol–water partition coefficient (Wildman–Crippen LogP) is 4.39. The van der Waals surface area contributed by atoms with E-state index in [1.54, 1.807) is 24.3 Å². The summed E-state index contributed by atoms with van der Waals surface area (Å²) in [5.74, 6) is 0. The number of H-pyrrole nitrogens is 1. The van der Waals surface area contributed by atoms with Gasteiger partial charge in [0.2, 0.25) is 0 Å². The van der Waals surface area contributed by atoms with E-state index in [0.717, 1.165) is 11.1 Å². The molecule has 120 valence electrons. The summed E-state index contributed by atoms with van der Waals surface area (Å²) < 4.78 is 0. The lowest BCUT2D eigenvalue weighted by Crippen LogP contribution is -2.14. The maximum Gasteiger partial charge on any atom is 0.267 e. The largest absolute Gasteiger partial charge is 0.315 e. The zero-order valence-electron chi connectivity index (χ0n) is 12.7. The third kappa shape index (κ3) is 3.16. The topological polar surface area (TPSA) is 80.4 Å². The highest BCUT2D eigenvalue weighted by molar-refractivity contribution is 7.80. The van der Waals surface area contributed by atoms with Crippen LogP contribution >= 0.6 is 24.2 Å². The molecule has 1 aromatic heterocycles. The van der Waals surface area contributed by atoms with Crippen LogP contribution in [0.1, 0.15) is 11.1 Å². The number of hydrogen-bond acceptors (Lipinski definition) is 4. The summed E-state index contributed by atoms with van der Waals surface area (Å²) in [5.41, 5.74) is 2.17. The molecule has 0 saturated carbocycles. The van der Waals surface area contributed by atoms with Gasteiger partial charge in [-0.05, 0) is 34.9 Å². The summed E-state index contributed by atoms with van der Waals surface area (Å²) in [6.45, 7) is 0. The Labute approximate surface area is 154 Å². The molecule has 0 aliphatic heterocycles. The molecule has 0 aliphatic carbocycles. The van der Waals surface area contributed by atoms with Crippen molar-refractivity contribution < 1.29 is 0 Å². The van der Waals surface area contributed by atoms with Crippen molar-refractivity contribution in [3.05, 3.63) is 75.0 Å². The van der Waals surface area contributed by atoms with Crippen molar-refractivity contribution >= 4 is 24.2 Å². The van der Waals surface area contributed by atoms with E-state index < -0.39 is 5.56 Å². The Kier molecular flexibility index (Phi) is 4.63. The lowest BCUT2D eigenvalue weighted by Gasteiger charge is -2.10. The zero-order chi connectivity index (χ0) is 18.0. The van der Waals surface area contributed by atoms with Crippen LogP contribution in [0.3, 0.4) is 0 Å². The molecule has 0 radical (unpaired) electrons. The van der Waals surface area contributed by atoms with Gasteiger partial charge in [-0.1, -0.05) is 41.9 Å². The van der Waals surface area contributed by atoms with Gasteiger partial charge in [-0.3, -0.25) is 4.79 Å². The molecule has 25 heavy (non-hydrogen) atoms. The molecule has 1 N–H and O–H groups in total. The number of nitriles is 2. The van der Waals surface area contributed by atoms with Gasteiger partial charge in [0.15, 0.2) is 0 Å². The first-order valence-electron chi connectivity index (χ1n) is 7.21. The Morgan fingerprint density at radius 1 is 0.920 bits per heavy atom. The van der Waals surface area contributed by atoms with Gasteiger partial charge < -0.3 is 4.98 Å². The second-order valence-electron chi connectivity index (χ2n) is 5.24. The molecule has 3 rings (SSSR count). The number of nitrogens with zero attached hydrogens (tertiary/aromatic N) is 2. The Bertz CT molecular complexity index is 1110. The van der Waals surface area contributed by atoms with Crippen molar-refractivity contribution in [2.75, 3.05) is 0 Å². The van der Waals surface area contributed by atoms with E-state index in [1.807, 2.05) is 36.4 Å². The predicted molar refractivity (Wildman–Crippen MR) is 99.6 cm³/mol. The number of rotatable bonds is 2. The average Bonchev–Trinajstić information content (AvgIpc) is 2.62. The SMILES string of the molecule is N#Cc1c(S)[nH]c(=O)c(C#N)c1-c1cccc(-c2ccc(Cl)cc2)c1. The number of benzene rings is 2. The van der Waals surface area contributed by atoms with Crippen LogP contribution in [-0.4, -0.2) is 4.98 Å². The van der Waals surface area contributed by atoms with E-state index in [4.69, 9.17) is 11.6 Å². The third-order valence-electron chi connectivity index (χ3n) is 3.75. The number of nitrogens with one attached hydrogen (secondary N) is 1. The van der Waals surface area contributed by atoms with Crippen LogP contribution in [0.5, 0.6) is 0 Å². The van der Waals surface area contributed by atoms with E-state index in [1.165, 1.54) is 0 Å². The standard InChI is InChI=1S/C19H10ClN3OS/c20-14-6-4-11(5-7-14)12-2-1-3-13(8-12)17-15(9-21)18(24)23-19(25)16(17)10-22/h1-8H,(H2,23,24,25). The molecule has 0 spiro atoms. The number of hydrogen-bond donors (Lipinski definition) is 2.